The van der Waals surface area contributed by atoms with Gasteiger partial charge in [0.25, 0.3) is 0 Å². The Morgan fingerprint density at radius 3 is 2.91 bits per heavy atom. The SMILES string of the molecule is COC1CCN(CC(=O)Nc2cccc(C(C)C)c2)C(CN)C1. The van der Waals surface area contributed by atoms with Crippen LogP contribution < -0.4 is 11.1 Å². The molecule has 1 saturated heterocycles. The molecule has 2 rings (SSSR count). The highest BCUT2D eigenvalue weighted by molar-refractivity contribution is 5.92. The number of likely N-dealkylation sites (tertiary alicyclic amines) is 1. The quantitative estimate of drug-likeness (QED) is 0.843. The smallest absolute Gasteiger partial charge is 0.238 e. The van der Waals surface area contributed by atoms with Crippen LogP contribution in [0.15, 0.2) is 24.3 Å². The molecule has 0 aliphatic carbocycles. The second kappa shape index (κ2) is 8.43. The summed E-state index contributed by atoms with van der Waals surface area (Å²) < 4.78 is 5.42. The molecule has 2 atom stereocenters. The minimum atomic E-state index is 0.0141. The maximum absolute atomic E-state index is 12.3. The van der Waals surface area contributed by atoms with Crippen molar-refractivity contribution in [1.29, 1.82) is 0 Å². The summed E-state index contributed by atoms with van der Waals surface area (Å²) in [4.78, 5) is 14.5. The molecular weight excluding hydrogens is 290 g/mol. The average molecular weight is 319 g/mol. The number of amides is 1. The number of carbonyl (C=O) groups excluding carboxylic acids is 1. The van der Waals surface area contributed by atoms with Gasteiger partial charge in [-0.25, -0.2) is 0 Å². The zero-order valence-corrected chi connectivity index (χ0v) is 14.4. The van der Waals surface area contributed by atoms with Gasteiger partial charge in [0.05, 0.1) is 12.6 Å². The van der Waals surface area contributed by atoms with Crippen LogP contribution in [0.1, 0.15) is 38.2 Å². The highest BCUT2D eigenvalue weighted by Gasteiger charge is 2.28. The molecule has 1 aliphatic heterocycles. The molecule has 2 unspecified atom stereocenters. The fourth-order valence-corrected chi connectivity index (χ4v) is 3.09. The standard InChI is InChI=1S/C18H29N3O2/c1-13(2)14-5-4-6-15(9-14)20-18(22)12-21-8-7-17(23-3)10-16(21)11-19/h4-6,9,13,16-17H,7-8,10-12,19H2,1-3H3,(H,20,22). The summed E-state index contributed by atoms with van der Waals surface area (Å²) >= 11 is 0. The van der Waals surface area contributed by atoms with Gasteiger partial charge in [0.15, 0.2) is 0 Å². The van der Waals surface area contributed by atoms with Crippen LogP contribution in [0.5, 0.6) is 0 Å². The first kappa shape index (κ1) is 17.9. The Bertz CT molecular complexity index is 519. The lowest BCUT2D eigenvalue weighted by Crippen LogP contribution is -2.50. The third-order valence-electron chi connectivity index (χ3n) is 4.58. The van der Waals surface area contributed by atoms with Gasteiger partial charge >= 0.3 is 0 Å². The summed E-state index contributed by atoms with van der Waals surface area (Å²) in [5.74, 6) is 0.460. The maximum atomic E-state index is 12.3. The molecule has 0 aromatic heterocycles. The summed E-state index contributed by atoms with van der Waals surface area (Å²) in [5, 5.41) is 3.00. The summed E-state index contributed by atoms with van der Waals surface area (Å²) in [6.45, 7) is 6.07. The number of piperidine rings is 1. The maximum Gasteiger partial charge on any atom is 0.238 e. The number of hydrogen-bond acceptors (Lipinski definition) is 4. The molecule has 128 valence electrons. The zero-order valence-electron chi connectivity index (χ0n) is 14.4. The van der Waals surface area contributed by atoms with E-state index in [1.165, 1.54) is 5.56 Å². The van der Waals surface area contributed by atoms with E-state index in [1.807, 2.05) is 18.2 Å². The van der Waals surface area contributed by atoms with Gasteiger partial charge < -0.3 is 15.8 Å². The minimum Gasteiger partial charge on any atom is -0.381 e. The number of nitrogens with two attached hydrogens (primary N) is 1. The zero-order chi connectivity index (χ0) is 16.8. The predicted molar refractivity (Wildman–Crippen MR) is 93.6 cm³/mol. The largest absolute Gasteiger partial charge is 0.381 e. The average Bonchev–Trinajstić information content (AvgIpc) is 2.55. The van der Waals surface area contributed by atoms with Gasteiger partial charge in [-0.05, 0) is 36.5 Å². The lowest BCUT2D eigenvalue weighted by atomic mass is 9.99. The van der Waals surface area contributed by atoms with E-state index in [2.05, 4.69) is 30.1 Å². The van der Waals surface area contributed by atoms with Crippen LogP contribution in [0.25, 0.3) is 0 Å². The van der Waals surface area contributed by atoms with E-state index in [9.17, 15) is 4.79 Å². The molecule has 23 heavy (non-hydrogen) atoms. The van der Waals surface area contributed by atoms with Crippen LogP contribution >= 0.6 is 0 Å². The first-order valence-electron chi connectivity index (χ1n) is 8.40. The Kier molecular flexibility index (Phi) is 6.57. The molecule has 1 heterocycles. The Morgan fingerprint density at radius 1 is 1.48 bits per heavy atom. The normalized spacial score (nSPS) is 22.3. The second-order valence-corrected chi connectivity index (χ2v) is 6.57. The monoisotopic (exact) mass is 319 g/mol. The first-order chi connectivity index (χ1) is 11.0. The molecule has 1 aliphatic rings. The van der Waals surface area contributed by atoms with Gasteiger partial charge in [-0.1, -0.05) is 26.0 Å². The number of ether oxygens (including phenoxy) is 1. The summed E-state index contributed by atoms with van der Waals surface area (Å²) in [6, 6.07) is 8.25. The molecule has 1 aromatic rings. The van der Waals surface area contributed by atoms with E-state index >= 15 is 0 Å². The second-order valence-electron chi connectivity index (χ2n) is 6.57. The van der Waals surface area contributed by atoms with Gasteiger partial charge in [0.2, 0.25) is 5.91 Å². The number of methoxy groups -OCH3 is 1. The highest BCUT2D eigenvalue weighted by Crippen LogP contribution is 2.20. The summed E-state index contributed by atoms with van der Waals surface area (Å²) in [5.41, 5.74) is 7.95. The van der Waals surface area contributed by atoms with Crippen molar-refractivity contribution in [2.45, 2.75) is 44.8 Å². The van der Waals surface area contributed by atoms with E-state index in [1.54, 1.807) is 7.11 Å². The van der Waals surface area contributed by atoms with E-state index in [-0.39, 0.29) is 18.1 Å². The number of carbonyl (C=O) groups is 1. The molecule has 1 amide bonds. The highest BCUT2D eigenvalue weighted by atomic mass is 16.5. The number of nitrogens with zero attached hydrogens (tertiary/aromatic N) is 1. The van der Waals surface area contributed by atoms with E-state index in [4.69, 9.17) is 10.5 Å². The topological polar surface area (TPSA) is 67.6 Å². The Morgan fingerprint density at radius 2 is 2.26 bits per heavy atom. The number of nitrogens with one attached hydrogen (secondary N) is 1. The van der Waals surface area contributed by atoms with E-state index < -0.39 is 0 Å². The fraction of sp³-hybridized carbons (Fsp3) is 0.611. The van der Waals surface area contributed by atoms with Crippen LogP contribution in [0.4, 0.5) is 5.69 Å². The van der Waals surface area contributed by atoms with Crippen molar-refractivity contribution in [3.8, 4) is 0 Å². The van der Waals surface area contributed by atoms with Crippen molar-refractivity contribution in [3.63, 3.8) is 0 Å². The predicted octanol–water partition coefficient (Wildman–Crippen LogP) is 2.19. The lowest BCUT2D eigenvalue weighted by molar-refractivity contribution is -0.118. The Labute approximate surface area is 139 Å². The Hall–Kier alpha value is -1.43. The van der Waals surface area contributed by atoms with E-state index in [0.29, 0.717) is 19.0 Å². The number of benzene rings is 1. The first-order valence-corrected chi connectivity index (χ1v) is 8.40. The lowest BCUT2D eigenvalue weighted by Gasteiger charge is -2.37. The molecule has 0 bridgehead atoms. The molecule has 5 heteroatoms. The summed E-state index contributed by atoms with van der Waals surface area (Å²) in [7, 11) is 1.74. The number of rotatable bonds is 6. The minimum absolute atomic E-state index is 0.0141. The van der Waals surface area contributed by atoms with E-state index in [0.717, 1.165) is 25.1 Å². The summed E-state index contributed by atoms with van der Waals surface area (Å²) in [6.07, 6.45) is 2.09. The van der Waals surface area contributed by atoms with Crippen molar-refractivity contribution in [2.24, 2.45) is 5.73 Å². The van der Waals surface area contributed by atoms with Crippen molar-refractivity contribution in [3.05, 3.63) is 29.8 Å². The molecular formula is C18H29N3O2. The van der Waals surface area contributed by atoms with Gasteiger partial charge in [-0.2, -0.15) is 0 Å². The van der Waals surface area contributed by atoms with Crippen molar-refractivity contribution >= 4 is 11.6 Å². The van der Waals surface area contributed by atoms with Gasteiger partial charge in [0.1, 0.15) is 0 Å². The van der Waals surface area contributed by atoms with Crippen LogP contribution in [0, 0.1) is 0 Å². The van der Waals surface area contributed by atoms with Crippen molar-refractivity contribution < 1.29 is 9.53 Å². The van der Waals surface area contributed by atoms with Gasteiger partial charge in [-0.3, -0.25) is 9.69 Å². The third kappa shape index (κ3) is 5.03. The van der Waals surface area contributed by atoms with Crippen LogP contribution in [0.2, 0.25) is 0 Å². The number of anilines is 1. The van der Waals surface area contributed by atoms with Crippen molar-refractivity contribution in [1.82, 2.24) is 4.90 Å². The fourth-order valence-electron chi connectivity index (χ4n) is 3.09. The Balaban J connectivity index is 1.92. The molecule has 0 spiro atoms. The third-order valence-corrected chi connectivity index (χ3v) is 4.58. The van der Waals surface area contributed by atoms with Crippen LogP contribution in [-0.2, 0) is 9.53 Å². The van der Waals surface area contributed by atoms with Crippen LogP contribution in [0.3, 0.4) is 0 Å². The molecule has 3 N–H and O–H groups in total. The molecule has 1 fully saturated rings. The van der Waals surface area contributed by atoms with Crippen molar-refractivity contribution in [2.75, 3.05) is 32.1 Å². The molecule has 5 nitrogen and oxygen atoms in total. The van der Waals surface area contributed by atoms with Crippen LogP contribution in [-0.4, -0.2) is 49.7 Å². The van der Waals surface area contributed by atoms with Gasteiger partial charge in [0, 0.05) is 31.9 Å². The van der Waals surface area contributed by atoms with Gasteiger partial charge in [-0.15, -0.1) is 0 Å². The number of hydrogen-bond donors (Lipinski definition) is 2. The molecule has 0 radical (unpaired) electrons. The molecule has 0 saturated carbocycles. The molecule has 1 aromatic carbocycles.